The monoisotopic (exact) mass is 257 g/mol. The third kappa shape index (κ3) is 2.19. The first-order chi connectivity index (χ1) is 9.25. The van der Waals surface area contributed by atoms with Crippen LogP contribution in [0.2, 0.25) is 0 Å². The summed E-state index contributed by atoms with van der Waals surface area (Å²) in [5.41, 5.74) is 1.69. The molecule has 0 spiro atoms. The summed E-state index contributed by atoms with van der Waals surface area (Å²) >= 11 is 0. The summed E-state index contributed by atoms with van der Waals surface area (Å²) < 4.78 is 1.59. The smallest absolute Gasteiger partial charge is 0.248 e. The van der Waals surface area contributed by atoms with Crippen molar-refractivity contribution in [2.24, 2.45) is 0 Å². The summed E-state index contributed by atoms with van der Waals surface area (Å²) in [6.45, 7) is 0.839. The zero-order chi connectivity index (χ0) is 13.2. The maximum atomic E-state index is 12.3. The second kappa shape index (κ2) is 4.76. The average Bonchev–Trinajstić information content (AvgIpc) is 2.91. The van der Waals surface area contributed by atoms with Crippen LogP contribution in [-0.2, 0) is 17.8 Å². The van der Waals surface area contributed by atoms with Crippen LogP contribution in [-0.4, -0.2) is 27.3 Å². The van der Waals surface area contributed by atoms with Gasteiger partial charge in [0.2, 0.25) is 5.91 Å². The van der Waals surface area contributed by atoms with Crippen molar-refractivity contribution in [3.05, 3.63) is 42.2 Å². The molecule has 0 saturated heterocycles. The van der Waals surface area contributed by atoms with Gasteiger partial charge in [-0.1, -0.05) is 12.1 Å². The summed E-state index contributed by atoms with van der Waals surface area (Å²) in [6, 6.07) is 7.19. The molecule has 0 radical (unpaired) electrons. The lowest BCUT2D eigenvalue weighted by Gasteiger charge is -2.30. The highest BCUT2D eigenvalue weighted by atomic mass is 16.3. The van der Waals surface area contributed by atoms with Crippen LogP contribution in [0.3, 0.4) is 0 Å². The van der Waals surface area contributed by atoms with Gasteiger partial charge < -0.3 is 10.0 Å². The van der Waals surface area contributed by atoms with E-state index in [1.165, 1.54) is 0 Å². The molecule has 0 aliphatic carbocycles. The summed E-state index contributed by atoms with van der Waals surface area (Å²) in [5.74, 6) is 0.122. The lowest BCUT2D eigenvalue weighted by molar-refractivity contribution is -0.119. The largest absolute Gasteiger partial charge is 0.506 e. The summed E-state index contributed by atoms with van der Waals surface area (Å²) in [5, 5.41) is 14.0. The molecule has 0 bridgehead atoms. The van der Waals surface area contributed by atoms with Gasteiger partial charge in [-0.25, -0.2) is 0 Å². The highest BCUT2D eigenvalue weighted by Crippen LogP contribution is 2.35. The molecule has 2 heterocycles. The number of fused-ring (bicyclic) bond motifs is 1. The van der Waals surface area contributed by atoms with Gasteiger partial charge in [-0.05, 0) is 30.5 Å². The molecule has 1 aromatic heterocycles. The molecule has 3 rings (SSSR count). The normalized spacial score (nSPS) is 14.2. The van der Waals surface area contributed by atoms with Crippen LogP contribution in [0.25, 0.3) is 0 Å². The van der Waals surface area contributed by atoms with E-state index in [4.69, 9.17) is 0 Å². The second-order valence-corrected chi connectivity index (χ2v) is 4.64. The standard InChI is InChI=1S/C14H15N3O2/c18-12-6-1-4-11-5-2-9-17(14(11)12)13(19)10-16-8-3-7-15-16/h1,3-4,6-8,18H,2,5,9-10H2. The maximum absolute atomic E-state index is 12.3. The van der Waals surface area contributed by atoms with Crippen molar-refractivity contribution < 1.29 is 9.90 Å². The van der Waals surface area contributed by atoms with Crippen LogP contribution in [0, 0.1) is 0 Å². The van der Waals surface area contributed by atoms with Crippen LogP contribution in [0.1, 0.15) is 12.0 Å². The van der Waals surface area contributed by atoms with Crippen LogP contribution in [0.5, 0.6) is 5.75 Å². The summed E-state index contributed by atoms with van der Waals surface area (Å²) in [4.78, 5) is 14.0. The number of phenols is 1. The predicted molar refractivity (Wildman–Crippen MR) is 71.0 cm³/mol. The number of anilines is 1. The Kier molecular flexibility index (Phi) is 2.95. The first-order valence-electron chi connectivity index (χ1n) is 6.34. The number of nitrogens with zero attached hydrogens (tertiary/aromatic N) is 3. The van der Waals surface area contributed by atoms with Gasteiger partial charge in [-0.3, -0.25) is 9.48 Å². The van der Waals surface area contributed by atoms with Crippen molar-refractivity contribution >= 4 is 11.6 Å². The van der Waals surface area contributed by atoms with E-state index in [1.54, 1.807) is 34.1 Å². The van der Waals surface area contributed by atoms with E-state index >= 15 is 0 Å². The Bertz CT molecular complexity index is 593. The molecule has 0 saturated carbocycles. The number of hydrogen-bond acceptors (Lipinski definition) is 3. The molecule has 5 nitrogen and oxygen atoms in total. The topological polar surface area (TPSA) is 58.4 Å². The second-order valence-electron chi connectivity index (χ2n) is 4.64. The molecule has 0 fully saturated rings. The van der Waals surface area contributed by atoms with Gasteiger partial charge in [0.15, 0.2) is 0 Å². The minimum atomic E-state index is -0.0499. The van der Waals surface area contributed by atoms with Crippen molar-refractivity contribution in [2.45, 2.75) is 19.4 Å². The molecule has 5 heteroatoms. The lowest BCUT2D eigenvalue weighted by Crippen LogP contribution is -2.37. The number of rotatable bonds is 2. The van der Waals surface area contributed by atoms with Crippen LogP contribution in [0.4, 0.5) is 5.69 Å². The van der Waals surface area contributed by atoms with E-state index in [0.717, 1.165) is 18.4 Å². The van der Waals surface area contributed by atoms with Crippen molar-refractivity contribution in [1.29, 1.82) is 0 Å². The van der Waals surface area contributed by atoms with Crippen LogP contribution in [0.15, 0.2) is 36.7 Å². The average molecular weight is 257 g/mol. The van der Waals surface area contributed by atoms with Crippen molar-refractivity contribution in [2.75, 3.05) is 11.4 Å². The fourth-order valence-electron chi connectivity index (χ4n) is 2.50. The van der Waals surface area contributed by atoms with Crippen molar-refractivity contribution in [3.63, 3.8) is 0 Å². The van der Waals surface area contributed by atoms with E-state index in [0.29, 0.717) is 12.2 Å². The van der Waals surface area contributed by atoms with Crippen LogP contribution < -0.4 is 4.90 Å². The predicted octanol–water partition coefficient (Wildman–Crippen LogP) is 1.57. The number of aryl methyl sites for hydroxylation is 1. The Hall–Kier alpha value is -2.30. The van der Waals surface area contributed by atoms with E-state index < -0.39 is 0 Å². The van der Waals surface area contributed by atoms with E-state index in [2.05, 4.69) is 5.10 Å². The van der Waals surface area contributed by atoms with Crippen molar-refractivity contribution in [3.8, 4) is 5.75 Å². The molecule has 1 N–H and O–H groups in total. The maximum Gasteiger partial charge on any atom is 0.248 e. The molecular formula is C14H15N3O2. The Balaban J connectivity index is 1.89. The Morgan fingerprint density at radius 3 is 3.05 bits per heavy atom. The van der Waals surface area contributed by atoms with Crippen LogP contribution >= 0.6 is 0 Å². The molecule has 2 aromatic rings. The first kappa shape index (κ1) is 11.8. The van der Waals surface area contributed by atoms with Gasteiger partial charge in [-0.15, -0.1) is 0 Å². The molecule has 1 amide bonds. The fourth-order valence-corrected chi connectivity index (χ4v) is 2.50. The SMILES string of the molecule is O=C(Cn1cccn1)N1CCCc2cccc(O)c21. The Labute approximate surface area is 111 Å². The quantitative estimate of drug-likeness (QED) is 0.888. The van der Waals surface area contributed by atoms with Gasteiger partial charge in [0.1, 0.15) is 12.3 Å². The molecule has 98 valence electrons. The van der Waals surface area contributed by atoms with Gasteiger partial charge in [0.05, 0.1) is 5.69 Å². The third-order valence-electron chi connectivity index (χ3n) is 3.35. The Morgan fingerprint density at radius 1 is 1.37 bits per heavy atom. The number of aromatic hydroxyl groups is 1. The van der Waals surface area contributed by atoms with E-state index in [9.17, 15) is 9.90 Å². The zero-order valence-corrected chi connectivity index (χ0v) is 10.5. The summed E-state index contributed by atoms with van der Waals surface area (Å²) in [6.07, 6.45) is 5.22. The number of hydrogen-bond donors (Lipinski definition) is 1. The molecule has 0 unspecified atom stereocenters. The van der Waals surface area contributed by atoms with Gasteiger partial charge in [0, 0.05) is 18.9 Å². The fraction of sp³-hybridized carbons (Fsp3) is 0.286. The molecule has 1 aromatic carbocycles. The zero-order valence-electron chi connectivity index (χ0n) is 10.5. The summed E-state index contributed by atoms with van der Waals surface area (Å²) in [7, 11) is 0. The number of aromatic nitrogens is 2. The number of amides is 1. The minimum Gasteiger partial charge on any atom is -0.506 e. The number of phenolic OH excluding ortho intramolecular Hbond substituents is 1. The molecule has 0 atom stereocenters. The highest BCUT2D eigenvalue weighted by Gasteiger charge is 2.25. The number of carbonyl (C=O) groups excluding carboxylic acids is 1. The Morgan fingerprint density at radius 2 is 2.26 bits per heavy atom. The minimum absolute atomic E-state index is 0.0499. The lowest BCUT2D eigenvalue weighted by atomic mass is 10.0. The number of para-hydroxylation sites is 1. The highest BCUT2D eigenvalue weighted by molar-refractivity contribution is 5.96. The molecule has 1 aliphatic heterocycles. The van der Waals surface area contributed by atoms with Gasteiger partial charge in [0.25, 0.3) is 0 Å². The molecule has 19 heavy (non-hydrogen) atoms. The number of carbonyl (C=O) groups is 1. The van der Waals surface area contributed by atoms with Gasteiger partial charge >= 0.3 is 0 Å². The van der Waals surface area contributed by atoms with Crippen molar-refractivity contribution in [1.82, 2.24) is 9.78 Å². The van der Waals surface area contributed by atoms with E-state index in [-0.39, 0.29) is 18.2 Å². The first-order valence-corrected chi connectivity index (χ1v) is 6.34. The molecular weight excluding hydrogens is 242 g/mol. The molecule has 1 aliphatic rings. The van der Waals surface area contributed by atoms with Gasteiger partial charge in [-0.2, -0.15) is 5.10 Å². The number of benzene rings is 1. The third-order valence-corrected chi connectivity index (χ3v) is 3.35. The van der Waals surface area contributed by atoms with E-state index in [1.807, 2.05) is 12.1 Å².